The Morgan fingerprint density at radius 1 is 0.929 bits per heavy atom. The van der Waals surface area contributed by atoms with Gasteiger partial charge in [-0.15, -0.1) is 0 Å². The fraction of sp³-hybridized carbons (Fsp3) is 0.273. The molecule has 144 valence electrons. The topological polar surface area (TPSA) is 52.7 Å². The van der Waals surface area contributed by atoms with E-state index in [1.807, 2.05) is 64.2 Å². The van der Waals surface area contributed by atoms with E-state index in [0.29, 0.717) is 12.1 Å². The maximum atomic E-state index is 12.4. The summed E-state index contributed by atoms with van der Waals surface area (Å²) >= 11 is 1.55. The molecule has 4 rings (SSSR count). The molecule has 0 spiro atoms. The third-order valence-corrected chi connectivity index (χ3v) is 5.84. The van der Waals surface area contributed by atoms with Gasteiger partial charge in [0.15, 0.2) is 0 Å². The molecular formula is C22H23N3O2S. The van der Waals surface area contributed by atoms with Gasteiger partial charge in [0.1, 0.15) is 0 Å². The van der Waals surface area contributed by atoms with Crippen LogP contribution in [-0.4, -0.2) is 60.9 Å². The SMILES string of the molecule is O=C(NCCN1CCN(C(=O)c2ccsc2)CC1)c1ccc2ccccc2c1. The number of thiophene rings is 1. The van der Waals surface area contributed by atoms with E-state index in [4.69, 9.17) is 0 Å². The number of hydrogen-bond donors (Lipinski definition) is 1. The van der Waals surface area contributed by atoms with Crippen LogP contribution in [0.1, 0.15) is 20.7 Å². The molecule has 3 aromatic rings. The molecule has 0 unspecified atom stereocenters. The Morgan fingerprint density at radius 3 is 2.46 bits per heavy atom. The summed E-state index contributed by atoms with van der Waals surface area (Å²) in [5, 5.41) is 9.04. The van der Waals surface area contributed by atoms with Crippen molar-refractivity contribution in [3.8, 4) is 0 Å². The van der Waals surface area contributed by atoms with Crippen molar-refractivity contribution in [2.24, 2.45) is 0 Å². The van der Waals surface area contributed by atoms with E-state index in [9.17, 15) is 9.59 Å². The van der Waals surface area contributed by atoms with E-state index in [0.717, 1.165) is 49.1 Å². The molecule has 0 aliphatic carbocycles. The van der Waals surface area contributed by atoms with E-state index in [1.54, 1.807) is 11.3 Å². The molecule has 1 aromatic heterocycles. The Labute approximate surface area is 168 Å². The molecule has 6 heteroatoms. The van der Waals surface area contributed by atoms with Gasteiger partial charge >= 0.3 is 0 Å². The summed E-state index contributed by atoms with van der Waals surface area (Å²) < 4.78 is 0. The number of nitrogens with zero attached hydrogens (tertiary/aromatic N) is 2. The lowest BCUT2D eigenvalue weighted by Gasteiger charge is -2.34. The highest BCUT2D eigenvalue weighted by atomic mass is 32.1. The smallest absolute Gasteiger partial charge is 0.254 e. The van der Waals surface area contributed by atoms with Gasteiger partial charge in [0.25, 0.3) is 11.8 Å². The van der Waals surface area contributed by atoms with Crippen molar-refractivity contribution in [1.29, 1.82) is 0 Å². The molecule has 5 nitrogen and oxygen atoms in total. The number of benzene rings is 2. The van der Waals surface area contributed by atoms with Crippen LogP contribution in [0.2, 0.25) is 0 Å². The fourth-order valence-electron chi connectivity index (χ4n) is 3.50. The minimum Gasteiger partial charge on any atom is -0.351 e. The Bertz CT molecular complexity index is 963. The van der Waals surface area contributed by atoms with Crippen molar-refractivity contribution in [1.82, 2.24) is 15.1 Å². The maximum Gasteiger partial charge on any atom is 0.254 e. The molecule has 2 amide bonds. The van der Waals surface area contributed by atoms with Gasteiger partial charge < -0.3 is 10.2 Å². The second kappa shape index (κ2) is 8.54. The molecule has 0 bridgehead atoms. The van der Waals surface area contributed by atoms with Crippen molar-refractivity contribution in [3.63, 3.8) is 0 Å². The van der Waals surface area contributed by atoms with Gasteiger partial charge in [-0.05, 0) is 34.4 Å². The lowest BCUT2D eigenvalue weighted by molar-refractivity contribution is 0.0638. The van der Waals surface area contributed by atoms with Gasteiger partial charge in [-0.1, -0.05) is 30.3 Å². The predicted molar refractivity (Wildman–Crippen MR) is 113 cm³/mol. The minimum atomic E-state index is -0.0444. The van der Waals surface area contributed by atoms with Crippen LogP contribution in [0.4, 0.5) is 0 Å². The van der Waals surface area contributed by atoms with E-state index in [1.165, 1.54) is 0 Å². The monoisotopic (exact) mass is 393 g/mol. The molecule has 0 atom stereocenters. The van der Waals surface area contributed by atoms with Crippen LogP contribution in [0.3, 0.4) is 0 Å². The lowest BCUT2D eigenvalue weighted by atomic mass is 10.1. The normalized spacial score (nSPS) is 14.9. The van der Waals surface area contributed by atoms with Crippen molar-refractivity contribution >= 4 is 33.9 Å². The highest BCUT2D eigenvalue weighted by molar-refractivity contribution is 7.08. The van der Waals surface area contributed by atoms with Crippen LogP contribution in [0.15, 0.2) is 59.3 Å². The van der Waals surface area contributed by atoms with Crippen LogP contribution < -0.4 is 5.32 Å². The van der Waals surface area contributed by atoms with Gasteiger partial charge in [-0.2, -0.15) is 11.3 Å². The summed E-state index contributed by atoms with van der Waals surface area (Å²) in [4.78, 5) is 29.0. The first-order valence-electron chi connectivity index (χ1n) is 9.51. The largest absolute Gasteiger partial charge is 0.351 e. The number of rotatable bonds is 5. The van der Waals surface area contributed by atoms with E-state index >= 15 is 0 Å². The zero-order chi connectivity index (χ0) is 19.3. The molecule has 28 heavy (non-hydrogen) atoms. The standard InChI is InChI=1S/C22H23N3O2S/c26-21(19-6-5-17-3-1-2-4-18(17)15-19)23-8-9-24-10-12-25(13-11-24)22(27)20-7-14-28-16-20/h1-7,14-16H,8-13H2,(H,23,26). The molecule has 2 aromatic carbocycles. The lowest BCUT2D eigenvalue weighted by Crippen LogP contribution is -2.50. The second-order valence-corrected chi connectivity index (χ2v) is 7.74. The summed E-state index contributed by atoms with van der Waals surface area (Å²) in [6.07, 6.45) is 0. The first-order valence-corrected chi connectivity index (χ1v) is 10.5. The Morgan fingerprint density at radius 2 is 1.71 bits per heavy atom. The van der Waals surface area contributed by atoms with Crippen molar-refractivity contribution in [2.45, 2.75) is 0 Å². The van der Waals surface area contributed by atoms with Crippen LogP contribution in [0, 0.1) is 0 Å². The van der Waals surface area contributed by atoms with Crippen molar-refractivity contribution < 1.29 is 9.59 Å². The number of hydrogen-bond acceptors (Lipinski definition) is 4. The summed E-state index contributed by atoms with van der Waals surface area (Å²) in [7, 11) is 0. The highest BCUT2D eigenvalue weighted by Crippen LogP contribution is 2.15. The number of fused-ring (bicyclic) bond motifs is 1. The van der Waals surface area contributed by atoms with Gasteiger partial charge in [0.2, 0.25) is 0 Å². The minimum absolute atomic E-state index is 0.0444. The van der Waals surface area contributed by atoms with Gasteiger partial charge in [-0.25, -0.2) is 0 Å². The number of carbonyl (C=O) groups excluding carboxylic acids is 2. The zero-order valence-electron chi connectivity index (χ0n) is 15.6. The Balaban J connectivity index is 1.23. The predicted octanol–water partition coefficient (Wildman–Crippen LogP) is 3.09. The summed E-state index contributed by atoms with van der Waals surface area (Å²) in [5.41, 5.74) is 1.46. The van der Waals surface area contributed by atoms with E-state index in [-0.39, 0.29) is 11.8 Å². The number of nitrogens with one attached hydrogen (secondary N) is 1. The maximum absolute atomic E-state index is 12.4. The summed E-state index contributed by atoms with van der Waals surface area (Å²) in [6.45, 7) is 4.52. The van der Waals surface area contributed by atoms with Crippen LogP contribution in [0.5, 0.6) is 0 Å². The molecule has 0 saturated carbocycles. The number of piperazine rings is 1. The molecule has 1 saturated heterocycles. The summed E-state index contributed by atoms with van der Waals surface area (Å²) in [5.74, 6) is 0.0718. The molecule has 0 radical (unpaired) electrons. The molecule has 2 heterocycles. The van der Waals surface area contributed by atoms with E-state index in [2.05, 4.69) is 10.2 Å². The second-order valence-electron chi connectivity index (χ2n) is 6.96. The first-order chi connectivity index (χ1) is 13.7. The third kappa shape index (κ3) is 4.24. The molecule has 1 aliphatic heterocycles. The zero-order valence-corrected chi connectivity index (χ0v) is 16.5. The van der Waals surface area contributed by atoms with Crippen molar-refractivity contribution in [2.75, 3.05) is 39.3 Å². The number of carbonyl (C=O) groups is 2. The van der Waals surface area contributed by atoms with E-state index < -0.39 is 0 Å². The van der Waals surface area contributed by atoms with Crippen LogP contribution in [-0.2, 0) is 0 Å². The van der Waals surface area contributed by atoms with Crippen LogP contribution in [0.25, 0.3) is 10.8 Å². The van der Waals surface area contributed by atoms with Gasteiger partial charge in [0, 0.05) is 50.2 Å². The fourth-order valence-corrected chi connectivity index (χ4v) is 4.13. The van der Waals surface area contributed by atoms with Crippen molar-refractivity contribution in [3.05, 3.63) is 70.4 Å². The molecule has 1 aliphatic rings. The average Bonchev–Trinajstić information content (AvgIpc) is 3.28. The average molecular weight is 394 g/mol. The molecular weight excluding hydrogens is 370 g/mol. The van der Waals surface area contributed by atoms with Gasteiger partial charge in [0.05, 0.1) is 5.56 Å². The Hall–Kier alpha value is -2.70. The quantitative estimate of drug-likeness (QED) is 0.725. The highest BCUT2D eigenvalue weighted by Gasteiger charge is 2.22. The Kier molecular flexibility index (Phi) is 5.69. The van der Waals surface area contributed by atoms with Crippen LogP contribution >= 0.6 is 11.3 Å². The van der Waals surface area contributed by atoms with Gasteiger partial charge in [-0.3, -0.25) is 14.5 Å². The third-order valence-electron chi connectivity index (χ3n) is 5.15. The number of amides is 2. The molecule has 1 fully saturated rings. The summed E-state index contributed by atoms with van der Waals surface area (Å²) in [6, 6.07) is 15.7. The first kappa shape index (κ1) is 18.7. The molecule has 1 N–H and O–H groups in total.